The highest BCUT2D eigenvalue weighted by Gasteiger charge is 2.30. The SMILES string of the molecule is CN(C)c1cccc(F)c1S(=O)(=O)Nc1cccc(-c2nc(C(C)(C)C)sc2-c2ccnc(NC3CCN(S(C)(=O)=O)CC3)n2)c1F. The molecule has 0 bridgehead atoms. The van der Waals surface area contributed by atoms with Crippen LogP contribution < -0.4 is 14.9 Å². The minimum atomic E-state index is -4.54. The van der Waals surface area contributed by atoms with Crippen LogP contribution in [0.25, 0.3) is 21.8 Å². The maximum atomic E-state index is 16.3. The van der Waals surface area contributed by atoms with Gasteiger partial charge in [-0.25, -0.2) is 44.9 Å². The van der Waals surface area contributed by atoms with Crippen LogP contribution in [-0.2, 0) is 25.5 Å². The number of piperidine rings is 1. The monoisotopic (exact) mass is 705 g/mol. The lowest BCUT2D eigenvalue weighted by Crippen LogP contribution is -2.42. The lowest BCUT2D eigenvalue weighted by Gasteiger charge is -2.30. The Morgan fingerprint density at radius 3 is 2.30 bits per heavy atom. The van der Waals surface area contributed by atoms with Crippen LogP contribution in [-0.4, -0.2) is 75.6 Å². The Morgan fingerprint density at radius 1 is 0.979 bits per heavy atom. The number of benzene rings is 2. The van der Waals surface area contributed by atoms with Crippen molar-refractivity contribution in [2.75, 3.05) is 48.4 Å². The number of hydrogen-bond acceptors (Lipinski definition) is 10. The fraction of sp³-hybridized carbons (Fsp3) is 0.387. The van der Waals surface area contributed by atoms with Crippen LogP contribution in [0.15, 0.2) is 53.6 Å². The lowest BCUT2D eigenvalue weighted by molar-refractivity contribution is 0.331. The van der Waals surface area contributed by atoms with Crippen molar-refractivity contribution in [2.45, 2.75) is 50.0 Å². The van der Waals surface area contributed by atoms with Crippen molar-refractivity contribution in [1.82, 2.24) is 19.3 Å². The third-order valence-corrected chi connectivity index (χ3v) is 11.8. The molecule has 3 heterocycles. The number of hydrogen-bond donors (Lipinski definition) is 2. The van der Waals surface area contributed by atoms with E-state index >= 15 is 4.39 Å². The molecule has 0 saturated carbocycles. The molecule has 1 aliphatic heterocycles. The molecule has 16 heteroatoms. The van der Waals surface area contributed by atoms with Crippen molar-refractivity contribution in [3.05, 3.63) is 65.3 Å². The van der Waals surface area contributed by atoms with Gasteiger partial charge in [0, 0.05) is 50.4 Å². The van der Waals surface area contributed by atoms with Crippen LogP contribution in [0.2, 0.25) is 0 Å². The molecule has 0 atom stereocenters. The highest BCUT2D eigenvalue weighted by Crippen LogP contribution is 2.42. The smallest absolute Gasteiger partial charge is 0.266 e. The summed E-state index contributed by atoms with van der Waals surface area (Å²) in [6.07, 6.45) is 3.94. The summed E-state index contributed by atoms with van der Waals surface area (Å²) in [6, 6.07) is 9.81. The van der Waals surface area contributed by atoms with Gasteiger partial charge >= 0.3 is 0 Å². The van der Waals surface area contributed by atoms with E-state index in [-0.39, 0.29) is 28.7 Å². The summed E-state index contributed by atoms with van der Waals surface area (Å²) in [6.45, 7) is 6.71. The summed E-state index contributed by atoms with van der Waals surface area (Å²) < 4.78 is 85.5. The molecule has 1 aliphatic rings. The fourth-order valence-corrected chi connectivity index (χ4v) is 8.55. The summed E-state index contributed by atoms with van der Waals surface area (Å²) in [7, 11) is -4.64. The zero-order chi connectivity index (χ0) is 34.3. The lowest BCUT2D eigenvalue weighted by atomic mass is 9.98. The summed E-state index contributed by atoms with van der Waals surface area (Å²) in [5, 5.41) is 4.00. The number of nitrogens with zero attached hydrogens (tertiary/aromatic N) is 5. The Morgan fingerprint density at radius 2 is 1.66 bits per heavy atom. The molecule has 5 rings (SSSR count). The largest absolute Gasteiger partial charge is 0.376 e. The number of nitrogens with one attached hydrogen (secondary N) is 2. The Bertz CT molecular complexity index is 2010. The highest BCUT2D eigenvalue weighted by atomic mass is 32.2. The predicted octanol–water partition coefficient (Wildman–Crippen LogP) is 5.55. The standard InChI is InChI=1S/C31H37F2N7O4S3/c1-31(2,3)29-37-26(27(45-29)23-13-16-34-30(36-23)35-19-14-17-40(18-15-19)46(6,41)42)20-9-7-11-22(25(20)33)38-47(43,44)28-21(32)10-8-12-24(28)39(4)5/h7-13,16,19,38H,14-15,17-18H2,1-6H3,(H,34,35,36). The molecule has 0 amide bonds. The van der Waals surface area contributed by atoms with Gasteiger partial charge in [0.25, 0.3) is 10.0 Å². The Kier molecular flexibility index (Phi) is 9.61. The molecule has 4 aromatic rings. The topological polar surface area (TPSA) is 137 Å². The number of halogens is 2. The summed E-state index contributed by atoms with van der Waals surface area (Å²) in [5.74, 6) is -1.51. The van der Waals surface area contributed by atoms with E-state index in [0.717, 1.165) is 6.07 Å². The van der Waals surface area contributed by atoms with E-state index in [1.54, 1.807) is 26.4 Å². The molecule has 1 saturated heterocycles. The molecule has 2 aromatic heterocycles. The Hall–Kier alpha value is -3.73. The van der Waals surface area contributed by atoms with Gasteiger partial charge in [0.05, 0.1) is 38.9 Å². The number of anilines is 3. The van der Waals surface area contributed by atoms with Gasteiger partial charge in [-0.1, -0.05) is 32.9 Å². The zero-order valence-corrected chi connectivity index (χ0v) is 29.3. The first-order chi connectivity index (χ1) is 22.0. The molecule has 0 radical (unpaired) electrons. The molecular weight excluding hydrogens is 669 g/mol. The molecule has 1 fully saturated rings. The highest BCUT2D eigenvalue weighted by molar-refractivity contribution is 7.93. The molecule has 0 aliphatic carbocycles. The van der Waals surface area contributed by atoms with Crippen LogP contribution in [0.1, 0.15) is 38.6 Å². The predicted molar refractivity (Wildman–Crippen MR) is 182 cm³/mol. The number of rotatable bonds is 9. The first-order valence-corrected chi connectivity index (χ1v) is 18.9. The van der Waals surface area contributed by atoms with Gasteiger partial charge in [0.15, 0.2) is 5.82 Å². The van der Waals surface area contributed by atoms with E-state index in [1.807, 2.05) is 20.8 Å². The summed E-state index contributed by atoms with van der Waals surface area (Å²) in [4.78, 5) is 15.3. The minimum Gasteiger partial charge on any atom is -0.376 e. The Balaban J connectivity index is 1.51. The van der Waals surface area contributed by atoms with Gasteiger partial charge in [0.2, 0.25) is 16.0 Å². The van der Waals surface area contributed by atoms with Gasteiger partial charge < -0.3 is 10.2 Å². The second-order valence-electron chi connectivity index (χ2n) is 12.5. The Labute approximate surface area is 278 Å². The van der Waals surface area contributed by atoms with E-state index in [1.165, 1.54) is 57.1 Å². The molecule has 2 aromatic carbocycles. The summed E-state index contributed by atoms with van der Waals surface area (Å²) >= 11 is 1.34. The van der Waals surface area contributed by atoms with E-state index in [9.17, 15) is 21.2 Å². The molecular formula is C31H37F2N7O4S3. The van der Waals surface area contributed by atoms with Gasteiger partial charge in [-0.05, 0) is 43.2 Å². The van der Waals surface area contributed by atoms with Gasteiger partial charge in [-0.2, -0.15) is 0 Å². The second kappa shape index (κ2) is 13.1. The van der Waals surface area contributed by atoms with Crippen LogP contribution >= 0.6 is 11.3 Å². The maximum absolute atomic E-state index is 16.3. The number of thiazole rings is 1. The van der Waals surface area contributed by atoms with E-state index < -0.39 is 42.0 Å². The van der Waals surface area contributed by atoms with Crippen molar-refractivity contribution in [2.24, 2.45) is 0 Å². The first-order valence-electron chi connectivity index (χ1n) is 14.8. The van der Waals surface area contributed by atoms with Gasteiger partial charge in [-0.3, -0.25) is 4.72 Å². The molecule has 2 N–H and O–H groups in total. The van der Waals surface area contributed by atoms with E-state index in [0.29, 0.717) is 47.5 Å². The van der Waals surface area contributed by atoms with E-state index in [2.05, 4.69) is 15.0 Å². The number of aromatic nitrogens is 3. The fourth-order valence-electron chi connectivity index (χ4n) is 5.17. The zero-order valence-electron chi connectivity index (χ0n) is 26.9. The van der Waals surface area contributed by atoms with Crippen LogP contribution in [0, 0.1) is 11.6 Å². The molecule has 47 heavy (non-hydrogen) atoms. The molecule has 252 valence electrons. The quantitative estimate of drug-likeness (QED) is 0.230. The third kappa shape index (κ3) is 7.55. The van der Waals surface area contributed by atoms with Crippen LogP contribution in [0.5, 0.6) is 0 Å². The third-order valence-electron chi connectivity index (χ3n) is 7.61. The van der Waals surface area contributed by atoms with Crippen molar-refractivity contribution < 1.29 is 25.6 Å². The van der Waals surface area contributed by atoms with Gasteiger partial charge in [-0.15, -0.1) is 11.3 Å². The molecule has 11 nitrogen and oxygen atoms in total. The van der Waals surface area contributed by atoms with Crippen molar-refractivity contribution in [3.63, 3.8) is 0 Å². The normalized spacial score (nSPS) is 15.1. The molecule has 0 unspecified atom stereocenters. The first kappa shape index (κ1) is 34.6. The maximum Gasteiger partial charge on any atom is 0.266 e. The molecule has 0 spiro atoms. The van der Waals surface area contributed by atoms with E-state index in [4.69, 9.17) is 9.97 Å². The van der Waals surface area contributed by atoms with Gasteiger partial charge in [0.1, 0.15) is 10.7 Å². The van der Waals surface area contributed by atoms with Crippen molar-refractivity contribution >= 4 is 48.7 Å². The van der Waals surface area contributed by atoms with Crippen LogP contribution in [0.4, 0.5) is 26.1 Å². The average Bonchev–Trinajstić information content (AvgIpc) is 3.44. The second-order valence-corrected chi connectivity index (χ2v) is 17.1. The average molecular weight is 706 g/mol. The summed E-state index contributed by atoms with van der Waals surface area (Å²) in [5.41, 5.74) is 0.130. The van der Waals surface area contributed by atoms with Crippen molar-refractivity contribution in [1.29, 1.82) is 0 Å². The van der Waals surface area contributed by atoms with Crippen LogP contribution in [0.3, 0.4) is 0 Å². The minimum absolute atomic E-state index is 0.0367. The number of sulfonamides is 2. The van der Waals surface area contributed by atoms with Crippen molar-refractivity contribution in [3.8, 4) is 21.8 Å².